The molecule has 0 radical (unpaired) electrons. The van der Waals surface area contributed by atoms with Gasteiger partial charge < -0.3 is 15.7 Å². The van der Waals surface area contributed by atoms with E-state index in [1.54, 1.807) is 0 Å². The van der Waals surface area contributed by atoms with Crippen molar-refractivity contribution in [1.29, 1.82) is 0 Å². The van der Waals surface area contributed by atoms with Gasteiger partial charge in [-0.05, 0) is 44.2 Å². The van der Waals surface area contributed by atoms with Gasteiger partial charge in [-0.15, -0.1) is 0 Å². The molecule has 0 aliphatic heterocycles. The monoisotopic (exact) mass is 310 g/mol. The molecule has 1 aromatic carbocycles. The number of hydrogen-bond donors (Lipinski definition) is 3. The SMILES string of the molecule is O=C(NCC1(O)CCC1)NCC1(c2c(F)cccc2F)CC1. The quantitative estimate of drug-likeness (QED) is 0.781. The average Bonchev–Trinajstić information content (AvgIpc) is 3.21. The Morgan fingerprint density at radius 1 is 1.09 bits per heavy atom. The van der Waals surface area contributed by atoms with E-state index in [9.17, 15) is 18.7 Å². The van der Waals surface area contributed by atoms with Gasteiger partial charge in [0, 0.05) is 24.1 Å². The Labute approximate surface area is 127 Å². The summed E-state index contributed by atoms with van der Waals surface area (Å²) in [5.41, 5.74) is -1.36. The van der Waals surface area contributed by atoms with Crippen molar-refractivity contribution in [1.82, 2.24) is 10.6 Å². The number of urea groups is 1. The van der Waals surface area contributed by atoms with Gasteiger partial charge in [0.05, 0.1) is 5.60 Å². The average molecular weight is 310 g/mol. The molecule has 22 heavy (non-hydrogen) atoms. The molecule has 2 amide bonds. The minimum absolute atomic E-state index is 0.0629. The fourth-order valence-electron chi connectivity index (χ4n) is 2.99. The minimum Gasteiger partial charge on any atom is -0.388 e. The van der Waals surface area contributed by atoms with Gasteiger partial charge in [0.25, 0.3) is 0 Å². The number of rotatable bonds is 5. The van der Waals surface area contributed by atoms with Crippen molar-refractivity contribution in [3.63, 3.8) is 0 Å². The highest BCUT2D eigenvalue weighted by Gasteiger charge is 2.48. The van der Waals surface area contributed by atoms with E-state index in [-0.39, 0.29) is 18.7 Å². The molecular formula is C16H20F2N2O2. The van der Waals surface area contributed by atoms with Crippen LogP contribution in [0.25, 0.3) is 0 Å². The van der Waals surface area contributed by atoms with E-state index in [0.717, 1.165) is 6.42 Å². The van der Waals surface area contributed by atoms with Crippen molar-refractivity contribution < 1.29 is 18.7 Å². The van der Waals surface area contributed by atoms with E-state index < -0.39 is 28.7 Å². The van der Waals surface area contributed by atoms with E-state index in [2.05, 4.69) is 10.6 Å². The summed E-state index contributed by atoms with van der Waals surface area (Å²) >= 11 is 0. The summed E-state index contributed by atoms with van der Waals surface area (Å²) in [5, 5.41) is 15.2. The fourth-order valence-corrected chi connectivity index (χ4v) is 2.99. The second-order valence-electron chi connectivity index (χ2n) is 6.49. The number of hydrogen-bond acceptors (Lipinski definition) is 2. The minimum atomic E-state index is -0.785. The molecule has 3 rings (SSSR count). The van der Waals surface area contributed by atoms with Gasteiger partial charge in [0.1, 0.15) is 11.6 Å². The highest BCUT2D eigenvalue weighted by Crippen LogP contribution is 2.49. The van der Waals surface area contributed by atoms with Gasteiger partial charge in [-0.2, -0.15) is 0 Å². The first-order chi connectivity index (χ1) is 10.4. The van der Waals surface area contributed by atoms with Crippen LogP contribution in [0, 0.1) is 11.6 Å². The molecule has 0 unspecified atom stereocenters. The maximum absolute atomic E-state index is 13.9. The normalized spacial score (nSPS) is 20.9. The number of carbonyl (C=O) groups excluding carboxylic acids is 1. The van der Waals surface area contributed by atoms with Crippen LogP contribution in [0.3, 0.4) is 0 Å². The lowest BCUT2D eigenvalue weighted by molar-refractivity contribution is -0.0290. The van der Waals surface area contributed by atoms with E-state index in [0.29, 0.717) is 25.7 Å². The van der Waals surface area contributed by atoms with E-state index in [1.165, 1.54) is 18.2 Å². The number of carbonyl (C=O) groups is 1. The summed E-state index contributed by atoms with van der Waals surface area (Å²) < 4.78 is 27.7. The third-order valence-electron chi connectivity index (χ3n) is 4.80. The standard InChI is InChI=1S/C16H20F2N2O2/c17-11-3-1-4-12(18)13(11)15(7-8-15)9-19-14(21)20-10-16(22)5-2-6-16/h1,3-4,22H,2,5-10H2,(H2,19,20,21). The van der Waals surface area contributed by atoms with Crippen molar-refractivity contribution in [3.8, 4) is 0 Å². The molecule has 2 aliphatic carbocycles. The number of benzene rings is 1. The van der Waals surface area contributed by atoms with Crippen LogP contribution in [0.5, 0.6) is 0 Å². The Morgan fingerprint density at radius 2 is 1.68 bits per heavy atom. The Hall–Kier alpha value is -1.69. The van der Waals surface area contributed by atoms with Gasteiger partial charge in [-0.25, -0.2) is 13.6 Å². The van der Waals surface area contributed by atoms with Gasteiger partial charge in [-0.3, -0.25) is 0 Å². The van der Waals surface area contributed by atoms with Gasteiger partial charge in [0.2, 0.25) is 0 Å². The number of aliphatic hydroxyl groups is 1. The molecule has 0 spiro atoms. The molecule has 2 fully saturated rings. The molecule has 0 atom stereocenters. The van der Waals surface area contributed by atoms with Crippen molar-refractivity contribution >= 4 is 6.03 Å². The van der Waals surface area contributed by atoms with Crippen LogP contribution >= 0.6 is 0 Å². The predicted molar refractivity (Wildman–Crippen MR) is 77.5 cm³/mol. The third kappa shape index (κ3) is 2.92. The molecule has 4 nitrogen and oxygen atoms in total. The molecule has 1 aromatic rings. The van der Waals surface area contributed by atoms with E-state index in [4.69, 9.17) is 0 Å². The first-order valence-electron chi connectivity index (χ1n) is 7.63. The fraction of sp³-hybridized carbons (Fsp3) is 0.562. The lowest BCUT2D eigenvalue weighted by Crippen LogP contribution is -2.50. The van der Waals surface area contributed by atoms with Crippen LogP contribution in [0.15, 0.2) is 18.2 Å². The summed E-state index contributed by atoms with van der Waals surface area (Å²) in [5.74, 6) is -1.13. The first kappa shape index (κ1) is 15.2. The molecular weight excluding hydrogens is 290 g/mol. The van der Waals surface area contributed by atoms with E-state index in [1.807, 2.05) is 0 Å². The number of nitrogens with one attached hydrogen (secondary N) is 2. The molecule has 6 heteroatoms. The Morgan fingerprint density at radius 3 is 2.18 bits per heavy atom. The number of amides is 2. The van der Waals surface area contributed by atoms with Crippen LogP contribution < -0.4 is 10.6 Å². The molecule has 0 aromatic heterocycles. The zero-order chi connectivity index (χ0) is 15.8. The van der Waals surface area contributed by atoms with Gasteiger partial charge >= 0.3 is 6.03 Å². The van der Waals surface area contributed by atoms with Crippen LogP contribution in [-0.2, 0) is 5.41 Å². The lowest BCUT2D eigenvalue weighted by atomic mass is 9.80. The molecule has 0 bridgehead atoms. The van der Waals surface area contributed by atoms with Crippen LogP contribution in [0.1, 0.15) is 37.7 Å². The third-order valence-corrected chi connectivity index (χ3v) is 4.80. The highest BCUT2D eigenvalue weighted by molar-refractivity contribution is 5.74. The Bertz CT molecular complexity index is 563. The largest absolute Gasteiger partial charge is 0.388 e. The zero-order valence-electron chi connectivity index (χ0n) is 12.3. The molecule has 2 saturated carbocycles. The molecule has 0 saturated heterocycles. The maximum Gasteiger partial charge on any atom is 0.314 e. The Kier molecular flexibility index (Phi) is 3.80. The summed E-state index contributed by atoms with van der Waals surface area (Å²) in [4.78, 5) is 11.8. The molecule has 3 N–H and O–H groups in total. The lowest BCUT2D eigenvalue weighted by Gasteiger charge is -2.36. The topological polar surface area (TPSA) is 61.4 Å². The van der Waals surface area contributed by atoms with Crippen molar-refractivity contribution in [2.75, 3.05) is 13.1 Å². The molecule has 0 heterocycles. The second-order valence-corrected chi connectivity index (χ2v) is 6.49. The maximum atomic E-state index is 13.9. The molecule has 2 aliphatic rings. The Balaban J connectivity index is 1.55. The van der Waals surface area contributed by atoms with Gasteiger partial charge in [-0.1, -0.05) is 6.07 Å². The second kappa shape index (κ2) is 5.50. The van der Waals surface area contributed by atoms with Crippen LogP contribution in [0.4, 0.5) is 13.6 Å². The highest BCUT2D eigenvalue weighted by atomic mass is 19.1. The zero-order valence-corrected chi connectivity index (χ0v) is 12.3. The predicted octanol–water partition coefficient (Wildman–Crippen LogP) is 2.21. The van der Waals surface area contributed by atoms with Crippen LogP contribution in [0.2, 0.25) is 0 Å². The molecule has 120 valence electrons. The smallest absolute Gasteiger partial charge is 0.314 e. The first-order valence-corrected chi connectivity index (χ1v) is 7.63. The summed E-state index contributed by atoms with van der Waals surface area (Å²) in [6.45, 7) is 0.398. The van der Waals surface area contributed by atoms with E-state index >= 15 is 0 Å². The van der Waals surface area contributed by atoms with Crippen molar-refractivity contribution in [3.05, 3.63) is 35.4 Å². The van der Waals surface area contributed by atoms with Gasteiger partial charge in [0.15, 0.2) is 0 Å². The van der Waals surface area contributed by atoms with Crippen molar-refractivity contribution in [2.24, 2.45) is 0 Å². The summed E-state index contributed by atoms with van der Waals surface area (Å²) in [6, 6.07) is 3.40. The van der Waals surface area contributed by atoms with Crippen molar-refractivity contribution in [2.45, 2.75) is 43.1 Å². The summed E-state index contributed by atoms with van der Waals surface area (Å²) in [6.07, 6.45) is 3.65. The van der Waals surface area contributed by atoms with Crippen LogP contribution in [-0.4, -0.2) is 29.8 Å². The summed E-state index contributed by atoms with van der Waals surface area (Å²) in [7, 11) is 0. The number of halogens is 2.